The third-order valence-electron chi connectivity index (χ3n) is 2.42. The summed E-state index contributed by atoms with van der Waals surface area (Å²) in [6, 6.07) is 6.56. The lowest BCUT2D eigenvalue weighted by Crippen LogP contribution is -1.96. The molecule has 0 atom stereocenters. The van der Waals surface area contributed by atoms with Crippen LogP contribution in [0.4, 0.5) is 0 Å². The van der Waals surface area contributed by atoms with E-state index in [4.69, 9.17) is 5.73 Å². The fourth-order valence-corrected chi connectivity index (χ4v) is 1.67. The highest BCUT2D eigenvalue weighted by molar-refractivity contribution is 5.66. The average Bonchev–Trinajstić information content (AvgIpc) is 2.14. The molecule has 0 radical (unpaired) electrons. The van der Waals surface area contributed by atoms with Crippen molar-refractivity contribution in [2.24, 2.45) is 5.73 Å². The molecule has 1 rings (SSSR count). The Morgan fingerprint density at radius 2 is 2.07 bits per heavy atom. The van der Waals surface area contributed by atoms with Crippen molar-refractivity contribution >= 4 is 5.57 Å². The van der Waals surface area contributed by atoms with Crippen molar-refractivity contribution in [1.82, 2.24) is 0 Å². The fourth-order valence-electron chi connectivity index (χ4n) is 1.67. The molecule has 0 aromatic heterocycles. The number of allylic oxidation sites excluding steroid dienone is 1. The van der Waals surface area contributed by atoms with Crippen LogP contribution in [0.1, 0.15) is 30.0 Å². The van der Waals surface area contributed by atoms with Crippen molar-refractivity contribution in [2.45, 2.75) is 27.2 Å². The summed E-state index contributed by atoms with van der Waals surface area (Å²) >= 11 is 0. The Kier molecular flexibility index (Phi) is 3.90. The van der Waals surface area contributed by atoms with Crippen LogP contribution in [0.25, 0.3) is 5.57 Å². The molecule has 2 N–H and O–H groups in total. The van der Waals surface area contributed by atoms with Gasteiger partial charge in [0.25, 0.3) is 0 Å². The third-order valence-corrected chi connectivity index (χ3v) is 2.42. The van der Waals surface area contributed by atoms with Crippen LogP contribution in [0.2, 0.25) is 0 Å². The lowest BCUT2D eigenvalue weighted by Gasteiger charge is -2.07. The summed E-state index contributed by atoms with van der Waals surface area (Å²) < 4.78 is 0. The van der Waals surface area contributed by atoms with E-state index in [1.807, 2.05) is 0 Å². The number of nitrogens with two attached hydrogens (primary N) is 1. The predicted molar refractivity (Wildman–Crippen MR) is 63.2 cm³/mol. The van der Waals surface area contributed by atoms with Crippen molar-refractivity contribution in [3.05, 3.63) is 41.0 Å². The summed E-state index contributed by atoms with van der Waals surface area (Å²) in [5.74, 6) is 0. The van der Waals surface area contributed by atoms with Crippen molar-refractivity contribution in [1.29, 1.82) is 0 Å². The number of aryl methyl sites for hydroxylation is 2. The lowest BCUT2D eigenvalue weighted by molar-refractivity contribution is 1.01. The minimum absolute atomic E-state index is 0.724. The second-order valence-electron chi connectivity index (χ2n) is 3.78. The minimum atomic E-state index is 0.724. The van der Waals surface area contributed by atoms with Gasteiger partial charge in [-0.15, -0.1) is 0 Å². The zero-order valence-electron chi connectivity index (χ0n) is 9.30. The van der Waals surface area contributed by atoms with Gasteiger partial charge in [-0.3, -0.25) is 0 Å². The third kappa shape index (κ3) is 2.71. The normalized spacial score (nSPS) is 11.9. The first-order valence-electron chi connectivity index (χ1n) is 5.09. The summed E-state index contributed by atoms with van der Waals surface area (Å²) in [5.41, 5.74) is 10.8. The van der Waals surface area contributed by atoms with Gasteiger partial charge in [-0.05, 0) is 50.4 Å². The van der Waals surface area contributed by atoms with Gasteiger partial charge >= 0.3 is 0 Å². The topological polar surface area (TPSA) is 26.0 Å². The van der Waals surface area contributed by atoms with E-state index in [1.54, 1.807) is 0 Å². The zero-order chi connectivity index (χ0) is 10.6. The van der Waals surface area contributed by atoms with Crippen LogP contribution in [-0.2, 0) is 0 Å². The van der Waals surface area contributed by atoms with Crippen molar-refractivity contribution in [3.8, 4) is 0 Å². The van der Waals surface area contributed by atoms with Gasteiger partial charge in [-0.1, -0.05) is 29.8 Å². The summed E-state index contributed by atoms with van der Waals surface area (Å²) in [6.45, 7) is 7.15. The highest BCUT2D eigenvalue weighted by Crippen LogP contribution is 2.19. The van der Waals surface area contributed by atoms with E-state index in [0.717, 1.165) is 13.0 Å². The van der Waals surface area contributed by atoms with Gasteiger partial charge in [0.1, 0.15) is 0 Å². The minimum Gasteiger partial charge on any atom is -0.330 e. The molecule has 14 heavy (non-hydrogen) atoms. The second kappa shape index (κ2) is 4.97. The molecule has 1 heteroatoms. The molecule has 76 valence electrons. The van der Waals surface area contributed by atoms with E-state index in [9.17, 15) is 0 Å². The molecule has 0 bridgehead atoms. The van der Waals surface area contributed by atoms with Gasteiger partial charge < -0.3 is 5.73 Å². The van der Waals surface area contributed by atoms with Gasteiger partial charge in [0.15, 0.2) is 0 Å². The van der Waals surface area contributed by atoms with E-state index < -0.39 is 0 Å². The lowest BCUT2D eigenvalue weighted by atomic mass is 9.99. The molecule has 0 fully saturated rings. The van der Waals surface area contributed by atoms with Crippen molar-refractivity contribution < 1.29 is 0 Å². The van der Waals surface area contributed by atoms with Crippen molar-refractivity contribution in [3.63, 3.8) is 0 Å². The Hall–Kier alpha value is -1.08. The van der Waals surface area contributed by atoms with Crippen LogP contribution < -0.4 is 5.73 Å². The monoisotopic (exact) mass is 189 g/mol. The average molecular weight is 189 g/mol. The Morgan fingerprint density at radius 1 is 1.36 bits per heavy atom. The van der Waals surface area contributed by atoms with Crippen LogP contribution in [0.15, 0.2) is 24.3 Å². The number of benzene rings is 1. The molecule has 0 saturated heterocycles. The Balaban J connectivity index is 2.95. The first-order valence-corrected chi connectivity index (χ1v) is 5.09. The first kappa shape index (κ1) is 11.0. The molecule has 0 aliphatic rings. The molecular formula is C13H19N. The van der Waals surface area contributed by atoms with Gasteiger partial charge in [0.2, 0.25) is 0 Å². The quantitative estimate of drug-likeness (QED) is 0.777. The highest BCUT2D eigenvalue weighted by atomic mass is 14.5. The molecular weight excluding hydrogens is 170 g/mol. The second-order valence-corrected chi connectivity index (χ2v) is 3.78. The fraction of sp³-hybridized carbons (Fsp3) is 0.385. The first-order chi connectivity index (χ1) is 6.65. The standard InChI is InChI=1S/C13H19N/c1-10-6-7-13(12(3)9-10)11(2)5-4-8-14/h5-7,9H,4,8,14H2,1-3H3/b11-5-. The molecule has 0 unspecified atom stereocenters. The summed E-state index contributed by atoms with van der Waals surface area (Å²) in [7, 11) is 0. The molecule has 1 nitrogen and oxygen atoms in total. The van der Waals surface area contributed by atoms with Crippen LogP contribution in [-0.4, -0.2) is 6.54 Å². The van der Waals surface area contributed by atoms with Gasteiger partial charge in [0, 0.05) is 0 Å². The van der Waals surface area contributed by atoms with E-state index in [-0.39, 0.29) is 0 Å². The molecule has 0 aliphatic carbocycles. The van der Waals surface area contributed by atoms with Crippen molar-refractivity contribution in [2.75, 3.05) is 6.54 Å². The van der Waals surface area contributed by atoms with E-state index in [1.165, 1.54) is 22.3 Å². The van der Waals surface area contributed by atoms with Crippen LogP contribution in [0.3, 0.4) is 0 Å². The SMILES string of the molecule is C/C(=C/CCN)c1ccc(C)cc1C. The predicted octanol–water partition coefficient (Wildman–Crippen LogP) is 3.06. The van der Waals surface area contributed by atoms with E-state index in [0.29, 0.717) is 0 Å². The number of hydrogen-bond acceptors (Lipinski definition) is 1. The largest absolute Gasteiger partial charge is 0.330 e. The van der Waals surface area contributed by atoms with Gasteiger partial charge in [-0.25, -0.2) is 0 Å². The molecule has 0 aliphatic heterocycles. The Labute approximate surface area is 86.6 Å². The Morgan fingerprint density at radius 3 is 2.64 bits per heavy atom. The van der Waals surface area contributed by atoms with Crippen LogP contribution in [0, 0.1) is 13.8 Å². The van der Waals surface area contributed by atoms with E-state index >= 15 is 0 Å². The van der Waals surface area contributed by atoms with Gasteiger partial charge in [-0.2, -0.15) is 0 Å². The molecule has 0 saturated carbocycles. The maximum atomic E-state index is 5.47. The summed E-state index contributed by atoms with van der Waals surface area (Å²) in [4.78, 5) is 0. The molecule has 0 spiro atoms. The highest BCUT2D eigenvalue weighted by Gasteiger charge is 1.99. The van der Waals surface area contributed by atoms with E-state index in [2.05, 4.69) is 45.0 Å². The summed E-state index contributed by atoms with van der Waals surface area (Å²) in [5, 5.41) is 0. The maximum absolute atomic E-state index is 5.47. The van der Waals surface area contributed by atoms with Gasteiger partial charge in [0.05, 0.1) is 0 Å². The number of hydrogen-bond donors (Lipinski definition) is 1. The molecule has 1 aromatic rings. The summed E-state index contributed by atoms with van der Waals surface area (Å²) in [6.07, 6.45) is 3.16. The smallest absolute Gasteiger partial charge is 0.00424 e. The Bertz CT molecular complexity index is 337. The molecule has 1 aromatic carbocycles. The van der Waals surface area contributed by atoms with Crippen LogP contribution in [0.5, 0.6) is 0 Å². The molecule has 0 amide bonds. The zero-order valence-corrected chi connectivity index (χ0v) is 9.30. The van der Waals surface area contributed by atoms with Crippen LogP contribution >= 0.6 is 0 Å². The molecule has 0 heterocycles. The maximum Gasteiger partial charge on any atom is -0.00424 e. The number of rotatable bonds is 3.